The summed E-state index contributed by atoms with van der Waals surface area (Å²) in [6.07, 6.45) is 1.48. The predicted octanol–water partition coefficient (Wildman–Crippen LogP) is 6.07. The molecule has 2 aliphatic heterocycles. The van der Waals surface area contributed by atoms with Crippen molar-refractivity contribution in [2.45, 2.75) is 115 Å². The first-order chi connectivity index (χ1) is 26.2. The van der Waals surface area contributed by atoms with Crippen LogP contribution >= 0.6 is 0 Å². The fourth-order valence-electron chi connectivity index (χ4n) is 8.06. The first-order valence-electron chi connectivity index (χ1n) is 19.2. The van der Waals surface area contributed by atoms with E-state index in [-0.39, 0.29) is 37.6 Å². The Balaban J connectivity index is 1.34. The van der Waals surface area contributed by atoms with Gasteiger partial charge in [0.25, 0.3) is 0 Å². The highest BCUT2D eigenvalue weighted by molar-refractivity contribution is 7.90. The van der Waals surface area contributed by atoms with Crippen LogP contribution < -0.4 is 14.2 Å². The number of ether oxygens (including phenoxy) is 3. The van der Waals surface area contributed by atoms with E-state index in [0.29, 0.717) is 43.2 Å². The van der Waals surface area contributed by atoms with Crippen LogP contribution in [0.2, 0.25) is 0 Å². The van der Waals surface area contributed by atoms with Gasteiger partial charge < -0.3 is 19.1 Å². The average Bonchev–Trinajstić information content (AvgIpc) is 4.04. The number of hydrogen-bond acceptors (Lipinski definition) is 10. The number of aromatic nitrogens is 1. The van der Waals surface area contributed by atoms with Crippen LogP contribution in [0.25, 0.3) is 10.8 Å². The number of carbonyl (C=O) groups is 4. The molecule has 56 heavy (non-hydrogen) atoms. The van der Waals surface area contributed by atoms with E-state index in [1.54, 1.807) is 44.5 Å². The summed E-state index contributed by atoms with van der Waals surface area (Å²) in [4.78, 5) is 62.1. The van der Waals surface area contributed by atoms with Crippen LogP contribution in [-0.4, -0.2) is 84.7 Å². The van der Waals surface area contributed by atoms with E-state index in [2.05, 4.69) is 9.71 Å². The first-order valence-corrected chi connectivity index (χ1v) is 20.7. The number of sulfonamides is 1. The van der Waals surface area contributed by atoms with Crippen LogP contribution in [0.5, 0.6) is 11.6 Å². The SMILES string of the molecule is COc1ccc2c(O[C@@H]3C[C@H]4C(=O)C[C@]5(C(=O)NS(=O)(=O)C6CC6)C[C@H]5/C=C\CC[C@@H](C)C[C@@H](C)[C@H](CC(=O)OC(C)(C)C(F)(F)F)C(=O)N4C3)nccc2c1. The van der Waals surface area contributed by atoms with E-state index in [0.717, 1.165) is 19.2 Å². The van der Waals surface area contributed by atoms with E-state index < -0.39 is 92.4 Å². The number of rotatable bonds is 9. The van der Waals surface area contributed by atoms with Gasteiger partial charge >= 0.3 is 12.1 Å². The van der Waals surface area contributed by atoms with Gasteiger partial charge in [0.1, 0.15) is 11.9 Å². The molecule has 3 heterocycles. The van der Waals surface area contributed by atoms with Crippen molar-refractivity contribution in [3.05, 3.63) is 42.6 Å². The highest BCUT2D eigenvalue weighted by atomic mass is 32.2. The number of nitrogens with one attached hydrogen (secondary N) is 1. The third-order valence-corrected chi connectivity index (χ3v) is 13.6. The molecule has 2 aliphatic carbocycles. The van der Waals surface area contributed by atoms with Crippen molar-refractivity contribution < 1.29 is 55.0 Å². The van der Waals surface area contributed by atoms with Crippen molar-refractivity contribution in [3.63, 3.8) is 0 Å². The van der Waals surface area contributed by atoms with Crippen molar-refractivity contribution in [3.8, 4) is 11.6 Å². The molecule has 0 unspecified atom stereocenters. The van der Waals surface area contributed by atoms with Gasteiger partial charge in [0, 0.05) is 24.4 Å². The summed E-state index contributed by atoms with van der Waals surface area (Å²) in [6, 6.07) is 5.93. The molecule has 1 N–H and O–H groups in total. The number of methoxy groups -OCH3 is 1. The lowest BCUT2D eigenvalue weighted by Gasteiger charge is -2.33. The Morgan fingerprint density at radius 3 is 2.48 bits per heavy atom. The van der Waals surface area contributed by atoms with E-state index in [4.69, 9.17) is 14.2 Å². The minimum Gasteiger partial charge on any atom is -0.497 e. The van der Waals surface area contributed by atoms with Gasteiger partial charge in [-0.2, -0.15) is 13.2 Å². The maximum atomic E-state index is 14.8. The van der Waals surface area contributed by atoms with Gasteiger partial charge in [0.05, 0.1) is 42.7 Å². The van der Waals surface area contributed by atoms with Crippen LogP contribution in [0.3, 0.4) is 0 Å². The minimum absolute atomic E-state index is 0.0135. The number of halogens is 3. The number of amides is 2. The number of ketones is 1. The maximum absolute atomic E-state index is 14.8. The Labute approximate surface area is 324 Å². The smallest absolute Gasteiger partial charge is 0.427 e. The highest BCUT2D eigenvalue weighted by Crippen LogP contribution is 2.57. The molecular formula is C40H50F3N3O9S. The standard InChI is InChI=1S/C40H50F3N3O9S/c1-23-8-6-7-9-26-20-39(26,37(50)45-56(51,52)29-11-12-29)21-33(47)32-18-28(54-35-30-13-10-27(53-5)17-25(30)14-15-44-35)22-46(32)36(49)31(24(2)16-23)19-34(48)55-38(3,4)40(41,42)43/h7,9-10,13-15,17,23-24,26,28-29,31-32H,6,8,11-12,16,18-22H2,1-5H3,(H,45,50)/b9-7-/t23-,24-,26-,28-,31+,32+,39-/m1/s1. The van der Waals surface area contributed by atoms with E-state index in [9.17, 15) is 40.8 Å². The highest BCUT2D eigenvalue weighted by Gasteiger charge is 2.62. The summed E-state index contributed by atoms with van der Waals surface area (Å²) in [5.74, 6) is -4.27. The van der Waals surface area contributed by atoms with Crippen molar-refractivity contribution >= 4 is 44.4 Å². The lowest BCUT2D eigenvalue weighted by molar-refractivity contribution is -0.257. The normalized spacial score (nSPS) is 29.7. The molecule has 306 valence electrons. The van der Waals surface area contributed by atoms with Gasteiger partial charge in [0.2, 0.25) is 33.3 Å². The topological polar surface area (TPSA) is 158 Å². The Kier molecular flexibility index (Phi) is 11.6. The average molecular weight is 806 g/mol. The van der Waals surface area contributed by atoms with Gasteiger partial charge in [-0.1, -0.05) is 26.0 Å². The molecule has 4 aliphatic rings. The molecule has 16 heteroatoms. The molecule has 3 fully saturated rings. The molecule has 7 atom stereocenters. The van der Waals surface area contributed by atoms with E-state index in [1.165, 1.54) is 4.90 Å². The second-order valence-electron chi connectivity index (χ2n) is 16.6. The third kappa shape index (κ3) is 8.84. The monoisotopic (exact) mass is 805 g/mol. The van der Waals surface area contributed by atoms with E-state index >= 15 is 0 Å². The number of fused-ring (bicyclic) bond motifs is 3. The molecule has 1 saturated heterocycles. The molecular weight excluding hydrogens is 756 g/mol. The molecule has 6 rings (SSSR count). The summed E-state index contributed by atoms with van der Waals surface area (Å²) in [6.45, 7) is 5.10. The number of allylic oxidation sites excluding steroid dienone is 2. The Hall–Kier alpha value is -4.21. The molecule has 0 radical (unpaired) electrons. The lowest BCUT2D eigenvalue weighted by atomic mass is 9.82. The van der Waals surface area contributed by atoms with E-state index in [1.807, 2.05) is 19.1 Å². The van der Waals surface area contributed by atoms with Crippen LogP contribution in [0.15, 0.2) is 42.6 Å². The third-order valence-electron chi connectivity index (χ3n) is 11.8. The van der Waals surface area contributed by atoms with Crippen molar-refractivity contribution in [1.29, 1.82) is 0 Å². The number of pyridine rings is 1. The minimum atomic E-state index is -4.86. The number of hydrogen-bond donors (Lipinski definition) is 1. The van der Waals surface area contributed by atoms with Gasteiger partial charge in [-0.25, -0.2) is 13.4 Å². The molecule has 0 bridgehead atoms. The summed E-state index contributed by atoms with van der Waals surface area (Å²) in [5, 5.41) is 0.748. The second kappa shape index (κ2) is 15.6. The molecule has 2 amide bonds. The molecule has 1 aromatic carbocycles. The quantitative estimate of drug-likeness (QED) is 0.233. The number of esters is 1. The van der Waals surface area contributed by atoms with Gasteiger partial charge in [-0.15, -0.1) is 0 Å². The number of Topliss-reactive ketones (excluding diaryl/α,β-unsaturated/α-hetero) is 1. The zero-order chi connectivity index (χ0) is 40.8. The molecule has 2 aromatic rings. The largest absolute Gasteiger partial charge is 0.497 e. The fraction of sp³-hybridized carbons (Fsp3) is 0.625. The zero-order valence-electron chi connectivity index (χ0n) is 32.3. The molecule has 2 saturated carbocycles. The first kappa shape index (κ1) is 41.4. The fourth-order valence-corrected chi connectivity index (χ4v) is 9.44. The number of alkyl halides is 3. The predicted molar refractivity (Wildman–Crippen MR) is 199 cm³/mol. The van der Waals surface area contributed by atoms with Crippen LogP contribution in [0.1, 0.15) is 85.5 Å². The van der Waals surface area contributed by atoms with Gasteiger partial charge in [-0.05, 0) is 99.8 Å². The van der Waals surface area contributed by atoms with Crippen LogP contribution in [0, 0.1) is 29.1 Å². The summed E-state index contributed by atoms with van der Waals surface area (Å²) in [7, 11) is -2.39. The maximum Gasteiger partial charge on any atom is 0.427 e. The van der Waals surface area contributed by atoms with Crippen molar-refractivity contribution in [2.75, 3.05) is 13.7 Å². The Morgan fingerprint density at radius 1 is 1.07 bits per heavy atom. The Bertz CT molecular complexity index is 2000. The number of carbonyl (C=O) groups excluding carboxylic acids is 4. The zero-order valence-corrected chi connectivity index (χ0v) is 33.1. The lowest BCUT2D eigenvalue weighted by Crippen LogP contribution is -2.48. The molecule has 0 spiro atoms. The second-order valence-corrected chi connectivity index (χ2v) is 18.5. The van der Waals surface area contributed by atoms with Crippen molar-refractivity contribution in [2.24, 2.45) is 29.1 Å². The van der Waals surface area contributed by atoms with Gasteiger partial charge in [-0.3, -0.25) is 23.9 Å². The van der Waals surface area contributed by atoms with Crippen molar-refractivity contribution in [1.82, 2.24) is 14.6 Å². The van der Waals surface area contributed by atoms with Crippen LogP contribution in [-0.2, 0) is 33.9 Å². The Morgan fingerprint density at radius 2 is 1.80 bits per heavy atom. The number of nitrogens with zero attached hydrogens (tertiary/aromatic N) is 2. The summed E-state index contributed by atoms with van der Waals surface area (Å²) < 4.78 is 85.8. The summed E-state index contributed by atoms with van der Waals surface area (Å²) in [5.41, 5.74) is -4.16. The van der Waals surface area contributed by atoms with Gasteiger partial charge in [0.15, 0.2) is 5.78 Å². The number of benzene rings is 1. The summed E-state index contributed by atoms with van der Waals surface area (Å²) >= 11 is 0. The van der Waals surface area contributed by atoms with Crippen LogP contribution in [0.4, 0.5) is 13.2 Å². The molecule has 1 aromatic heterocycles. The molecule has 12 nitrogen and oxygen atoms in total.